The summed E-state index contributed by atoms with van der Waals surface area (Å²) in [5, 5.41) is 20.1. The van der Waals surface area contributed by atoms with Crippen molar-refractivity contribution in [3.8, 4) is 0 Å². The molecule has 172 valence electrons. The molecular weight excluding hydrogens is 481 g/mol. The fourth-order valence-corrected chi connectivity index (χ4v) is 5.37. The van der Waals surface area contributed by atoms with Crippen molar-refractivity contribution in [3.05, 3.63) is 32.6 Å². The average molecular weight is 498 g/mol. The van der Waals surface area contributed by atoms with E-state index in [0.29, 0.717) is 0 Å². The third-order valence-electron chi connectivity index (χ3n) is 3.58. The van der Waals surface area contributed by atoms with Crippen LogP contribution in [0.15, 0.2) is 15.8 Å². The van der Waals surface area contributed by atoms with Crippen LogP contribution >= 0.6 is 23.5 Å². The fourth-order valence-electron chi connectivity index (χ4n) is 2.34. The van der Waals surface area contributed by atoms with Crippen LogP contribution < -0.4 is 11.2 Å². The van der Waals surface area contributed by atoms with Gasteiger partial charge >= 0.3 is 29.2 Å². The van der Waals surface area contributed by atoms with Crippen LogP contribution in [0.2, 0.25) is 0 Å². The Morgan fingerprint density at radius 1 is 1.07 bits per heavy atom. The number of phosphoric acid groups is 3. The number of rotatable bonds is 8. The molecule has 1 aliphatic heterocycles. The minimum absolute atomic E-state index is 0.0663. The van der Waals surface area contributed by atoms with Gasteiger partial charge in [-0.25, -0.2) is 18.5 Å². The van der Waals surface area contributed by atoms with Gasteiger partial charge in [0, 0.05) is 11.8 Å². The number of phosphoric ester groups is 1. The van der Waals surface area contributed by atoms with Gasteiger partial charge < -0.3 is 34.5 Å². The monoisotopic (exact) mass is 498 g/mol. The van der Waals surface area contributed by atoms with Gasteiger partial charge in [-0.05, 0) is 6.92 Å². The lowest BCUT2D eigenvalue weighted by Gasteiger charge is -2.19. The van der Waals surface area contributed by atoms with Gasteiger partial charge in [-0.2, -0.15) is 8.62 Å². The Morgan fingerprint density at radius 2 is 1.67 bits per heavy atom. The molecule has 0 spiro atoms. The van der Waals surface area contributed by atoms with Crippen molar-refractivity contribution in [2.24, 2.45) is 0 Å². The molecule has 0 radical (unpaired) electrons. The predicted octanol–water partition coefficient (Wildman–Crippen LogP) is -2.19. The molecule has 0 amide bonds. The number of aliphatic hydroxyl groups is 2. The molecule has 1 saturated heterocycles. The second-order valence-corrected chi connectivity index (χ2v) is 10.3. The molecular formula is C10H17N2O15P3. The van der Waals surface area contributed by atoms with Crippen LogP contribution in [-0.2, 0) is 31.6 Å². The second kappa shape index (κ2) is 8.84. The molecule has 1 aromatic heterocycles. The number of aromatic nitrogens is 2. The molecule has 1 aromatic rings. The molecule has 2 heterocycles. The molecule has 0 aliphatic carbocycles. The fraction of sp³-hybridized carbons (Fsp3) is 0.600. The normalized spacial score (nSPS) is 28.8. The third kappa shape index (κ3) is 6.48. The second-order valence-electron chi connectivity index (χ2n) is 5.91. The van der Waals surface area contributed by atoms with E-state index in [1.54, 1.807) is 0 Å². The first-order chi connectivity index (χ1) is 13.5. The molecule has 0 saturated carbocycles. The van der Waals surface area contributed by atoms with Gasteiger partial charge in [-0.1, -0.05) is 0 Å². The number of nitrogens with zero attached hydrogens (tertiary/aromatic N) is 1. The van der Waals surface area contributed by atoms with Gasteiger partial charge in [0.2, 0.25) is 0 Å². The third-order valence-corrected chi connectivity index (χ3v) is 7.38. The molecule has 2 unspecified atom stereocenters. The van der Waals surface area contributed by atoms with Gasteiger partial charge in [-0.15, -0.1) is 0 Å². The van der Waals surface area contributed by atoms with Gasteiger partial charge in [0.05, 0.1) is 6.61 Å². The summed E-state index contributed by atoms with van der Waals surface area (Å²) >= 11 is 0. The lowest BCUT2D eigenvalue weighted by Crippen LogP contribution is -2.38. The zero-order valence-corrected chi connectivity index (χ0v) is 17.4. The Hall–Kier alpha value is -1.03. The van der Waals surface area contributed by atoms with E-state index in [4.69, 9.17) is 19.4 Å². The maximum Gasteiger partial charge on any atom is 0.490 e. The zero-order chi connectivity index (χ0) is 23.1. The van der Waals surface area contributed by atoms with E-state index in [1.807, 2.05) is 4.98 Å². The van der Waals surface area contributed by atoms with Gasteiger partial charge in [0.15, 0.2) is 6.23 Å². The van der Waals surface area contributed by atoms with Crippen molar-refractivity contribution in [3.63, 3.8) is 0 Å². The Labute approximate surface area is 165 Å². The quantitative estimate of drug-likeness (QED) is 0.188. The highest BCUT2D eigenvalue weighted by Crippen LogP contribution is 2.66. The minimum atomic E-state index is -5.73. The minimum Gasteiger partial charge on any atom is -0.387 e. The number of hydrogen-bond donors (Lipinski definition) is 7. The van der Waals surface area contributed by atoms with E-state index < -0.39 is 65.9 Å². The van der Waals surface area contributed by atoms with E-state index in [-0.39, 0.29) is 5.56 Å². The summed E-state index contributed by atoms with van der Waals surface area (Å²) in [6.45, 7) is 0.300. The summed E-state index contributed by atoms with van der Waals surface area (Å²) in [7, 11) is -16.8. The number of H-pyrrole nitrogens is 1. The van der Waals surface area contributed by atoms with Crippen LogP contribution in [0.5, 0.6) is 0 Å². The first-order valence-electron chi connectivity index (χ1n) is 7.63. The van der Waals surface area contributed by atoms with Gasteiger partial charge in [0.25, 0.3) is 5.56 Å². The van der Waals surface area contributed by atoms with Crippen molar-refractivity contribution in [1.29, 1.82) is 0 Å². The van der Waals surface area contributed by atoms with Crippen LogP contribution in [0.1, 0.15) is 11.8 Å². The molecule has 0 aromatic carbocycles. The average Bonchev–Trinajstić information content (AvgIpc) is 2.81. The van der Waals surface area contributed by atoms with Crippen LogP contribution in [0.3, 0.4) is 0 Å². The number of nitrogens with one attached hydrogen (secondary N) is 1. The van der Waals surface area contributed by atoms with Crippen molar-refractivity contribution in [1.82, 2.24) is 9.55 Å². The summed E-state index contributed by atoms with van der Waals surface area (Å²) in [6, 6.07) is 0. The lowest BCUT2D eigenvalue weighted by molar-refractivity contribution is -0.0543. The van der Waals surface area contributed by atoms with Gasteiger partial charge in [0.1, 0.15) is 18.3 Å². The van der Waals surface area contributed by atoms with Crippen LogP contribution in [0.4, 0.5) is 0 Å². The lowest BCUT2D eigenvalue weighted by atomic mass is 10.1. The highest BCUT2D eigenvalue weighted by Gasteiger charge is 2.46. The number of ether oxygens (including phenoxy) is 1. The molecule has 17 nitrogen and oxygen atoms in total. The van der Waals surface area contributed by atoms with Crippen molar-refractivity contribution in [2.45, 2.75) is 31.5 Å². The molecule has 6 atom stereocenters. The Morgan fingerprint density at radius 3 is 2.23 bits per heavy atom. The highest BCUT2D eigenvalue weighted by molar-refractivity contribution is 7.66. The Kier molecular flexibility index (Phi) is 7.44. The highest BCUT2D eigenvalue weighted by atomic mass is 31.3. The SMILES string of the molecule is Cc1cn([C@@H]2O[C@H](COP(=O)(O)OP(=O)(O)OP(=O)(O)O)[C@H](O)[C@@H]2O)c(=O)[nH]c1=O. The first-order valence-corrected chi connectivity index (χ1v) is 12.2. The molecule has 0 bridgehead atoms. The molecule has 1 aliphatic rings. The molecule has 2 rings (SSSR count). The van der Waals surface area contributed by atoms with Gasteiger partial charge in [-0.3, -0.25) is 18.9 Å². The van der Waals surface area contributed by atoms with E-state index in [2.05, 4.69) is 13.1 Å². The first kappa shape index (κ1) is 25.2. The van der Waals surface area contributed by atoms with Crippen molar-refractivity contribution >= 4 is 23.5 Å². The molecule has 7 N–H and O–H groups in total. The van der Waals surface area contributed by atoms with E-state index in [9.17, 15) is 38.4 Å². The largest absolute Gasteiger partial charge is 0.490 e. The van der Waals surface area contributed by atoms with E-state index in [0.717, 1.165) is 10.8 Å². The molecule has 1 fully saturated rings. The zero-order valence-electron chi connectivity index (χ0n) is 14.7. The Bertz CT molecular complexity index is 1040. The molecule has 30 heavy (non-hydrogen) atoms. The van der Waals surface area contributed by atoms with Crippen molar-refractivity contribution in [2.75, 3.05) is 6.61 Å². The summed E-state index contributed by atoms with van der Waals surface area (Å²) < 4.78 is 50.8. The molecule has 20 heteroatoms. The maximum atomic E-state index is 11.9. The standard InChI is InChI=1S/C10H17N2O15P3/c1-4-2-12(10(16)11-8(4)15)9-7(14)6(13)5(25-9)3-24-29(20,21)27-30(22,23)26-28(17,18)19/h2,5-7,9,13-14H,3H2,1H3,(H,20,21)(H,22,23)(H,11,15,16)(H2,17,18,19)/t5-,6+,7+,9-/m1/s1. The number of hydrogen-bond acceptors (Lipinski definition) is 11. The topological polar surface area (TPSA) is 264 Å². The van der Waals surface area contributed by atoms with E-state index in [1.165, 1.54) is 6.92 Å². The summed E-state index contributed by atoms with van der Waals surface area (Å²) in [6.07, 6.45) is -5.64. The predicted molar refractivity (Wildman–Crippen MR) is 91.8 cm³/mol. The van der Waals surface area contributed by atoms with E-state index >= 15 is 0 Å². The smallest absolute Gasteiger partial charge is 0.387 e. The Balaban J connectivity index is 2.09. The number of aryl methyl sites for hydroxylation is 1. The summed E-state index contributed by atoms with van der Waals surface area (Å²) in [5.74, 6) is 0. The van der Waals surface area contributed by atoms with Crippen LogP contribution in [0, 0.1) is 6.92 Å². The number of aromatic amines is 1. The maximum absolute atomic E-state index is 11.9. The van der Waals surface area contributed by atoms with Crippen LogP contribution in [0.25, 0.3) is 0 Å². The number of aliphatic hydroxyl groups excluding tert-OH is 2. The summed E-state index contributed by atoms with van der Waals surface area (Å²) in [4.78, 5) is 60.6. The van der Waals surface area contributed by atoms with Crippen LogP contribution in [-0.4, -0.2) is 64.3 Å². The summed E-state index contributed by atoms with van der Waals surface area (Å²) in [5.41, 5.74) is -1.62. The van der Waals surface area contributed by atoms with Crippen molar-refractivity contribution < 1.29 is 61.4 Å².